The van der Waals surface area contributed by atoms with E-state index in [0.29, 0.717) is 39.1 Å². The Morgan fingerprint density at radius 3 is 2.26 bits per heavy atom. The minimum absolute atomic E-state index is 0.276. The molecule has 0 saturated heterocycles. The molecule has 0 aliphatic rings. The Bertz CT molecular complexity index is 2020. The van der Waals surface area contributed by atoms with Crippen LogP contribution in [0.3, 0.4) is 0 Å². The van der Waals surface area contributed by atoms with Crippen LogP contribution in [0.2, 0.25) is 0 Å². The van der Waals surface area contributed by atoms with Crippen LogP contribution in [0.15, 0.2) is 97.3 Å². The number of primary amides is 1. The quantitative estimate of drug-likeness (QED) is 0.188. The summed E-state index contributed by atoms with van der Waals surface area (Å²) in [4.78, 5) is 45.2. The Morgan fingerprint density at radius 2 is 1.52 bits per heavy atom. The second kappa shape index (κ2) is 10.6. The Morgan fingerprint density at radius 1 is 0.810 bits per heavy atom. The van der Waals surface area contributed by atoms with Crippen LogP contribution in [-0.2, 0) is 0 Å². The molecule has 9 heteroatoms. The number of pyridine rings is 1. The molecule has 2 aromatic heterocycles. The van der Waals surface area contributed by atoms with E-state index >= 15 is 0 Å². The zero-order valence-corrected chi connectivity index (χ0v) is 22.4. The number of carbonyl (C=O) groups is 3. The number of hydrogen-bond acceptors (Lipinski definition) is 4. The van der Waals surface area contributed by atoms with Gasteiger partial charge >= 0.3 is 0 Å². The van der Waals surface area contributed by atoms with Crippen molar-refractivity contribution >= 4 is 50.9 Å². The van der Waals surface area contributed by atoms with Crippen molar-refractivity contribution in [2.24, 2.45) is 5.73 Å². The van der Waals surface area contributed by atoms with E-state index in [4.69, 9.17) is 5.73 Å². The summed E-state index contributed by atoms with van der Waals surface area (Å²) in [6.45, 7) is 1.89. The van der Waals surface area contributed by atoms with Gasteiger partial charge in [0, 0.05) is 51.2 Å². The number of anilines is 2. The predicted molar refractivity (Wildman–Crippen MR) is 161 cm³/mol. The molecule has 0 bridgehead atoms. The molecule has 0 aliphatic carbocycles. The van der Waals surface area contributed by atoms with Crippen molar-refractivity contribution in [1.82, 2.24) is 9.97 Å². The Labute approximate surface area is 239 Å². The summed E-state index contributed by atoms with van der Waals surface area (Å²) >= 11 is 0. The summed E-state index contributed by atoms with van der Waals surface area (Å²) in [6, 6.07) is 23.1. The number of carbonyl (C=O) groups excluding carboxylic acids is 3. The van der Waals surface area contributed by atoms with E-state index in [9.17, 15) is 18.8 Å². The van der Waals surface area contributed by atoms with Gasteiger partial charge in [-0.3, -0.25) is 19.4 Å². The molecular formula is C33H24FN5O3. The van der Waals surface area contributed by atoms with Crippen molar-refractivity contribution in [3.63, 3.8) is 0 Å². The summed E-state index contributed by atoms with van der Waals surface area (Å²) in [5, 5.41) is 7.41. The van der Waals surface area contributed by atoms with Crippen LogP contribution in [0.4, 0.5) is 15.8 Å². The van der Waals surface area contributed by atoms with Gasteiger partial charge in [-0.05, 0) is 84.3 Å². The topological polar surface area (TPSA) is 130 Å². The van der Waals surface area contributed by atoms with Crippen molar-refractivity contribution < 1.29 is 18.8 Å². The van der Waals surface area contributed by atoms with Gasteiger partial charge in [0.15, 0.2) is 0 Å². The second-order valence-corrected chi connectivity index (χ2v) is 9.79. The number of aromatic amines is 1. The van der Waals surface area contributed by atoms with Crippen LogP contribution >= 0.6 is 0 Å². The SMILES string of the molecule is Cc1c(NC(=O)c2ccc(F)cc2)cccc1-c1ccc(C(N)=O)c2[nH]c3cc(NC(=O)c4ccncc4)ccc3c12. The third kappa shape index (κ3) is 4.84. The van der Waals surface area contributed by atoms with Crippen molar-refractivity contribution in [3.05, 3.63) is 125 Å². The molecule has 0 fully saturated rings. The van der Waals surface area contributed by atoms with Gasteiger partial charge in [0.25, 0.3) is 17.7 Å². The van der Waals surface area contributed by atoms with Crippen molar-refractivity contribution in [1.29, 1.82) is 0 Å². The number of nitrogens with zero attached hydrogens (tertiary/aromatic N) is 1. The smallest absolute Gasteiger partial charge is 0.255 e. The van der Waals surface area contributed by atoms with Gasteiger partial charge in [-0.15, -0.1) is 0 Å². The van der Waals surface area contributed by atoms with E-state index in [2.05, 4.69) is 20.6 Å². The molecule has 4 aromatic carbocycles. The minimum Gasteiger partial charge on any atom is -0.366 e. The van der Waals surface area contributed by atoms with E-state index in [1.54, 1.807) is 48.8 Å². The van der Waals surface area contributed by atoms with Gasteiger partial charge in [-0.25, -0.2) is 4.39 Å². The normalized spacial score (nSPS) is 11.0. The summed E-state index contributed by atoms with van der Waals surface area (Å²) in [7, 11) is 0. The highest BCUT2D eigenvalue weighted by Gasteiger charge is 2.19. The first-order valence-corrected chi connectivity index (χ1v) is 13.1. The fraction of sp³-hybridized carbons (Fsp3) is 0.0303. The average Bonchev–Trinajstić information content (AvgIpc) is 3.37. The monoisotopic (exact) mass is 557 g/mol. The number of hydrogen-bond donors (Lipinski definition) is 4. The zero-order chi connectivity index (χ0) is 29.4. The largest absolute Gasteiger partial charge is 0.366 e. The van der Waals surface area contributed by atoms with E-state index in [1.807, 2.05) is 31.2 Å². The number of halogens is 1. The molecule has 0 unspecified atom stereocenters. The van der Waals surface area contributed by atoms with Crippen LogP contribution in [-0.4, -0.2) is 27.7 Å². The number of nitrogens with one attached hydrogen (secondary N) is 3. The first kappa shape index (κ1) is 26.4. The van der Waals surface area contributed by atoms with Crippen LogP contribution in [0.1, 0.15) is 36.6 Å². The number of H-pyrrole nitrogens is 1. The van der Waals surface area contributed by atoms with Crippen LogP contribution < -0.4 is 16.4 Å². The van der Waals surface area contributed by atoms with Crippen LogP contribution in [0.25, 0.3) is 32.9 Å². The molecule has 2 heterocycles. The first-order valence-electron chi connectivity index (χ1n) is 13.1. The molecule has 6 rings (SSSR count). The fourth-order valence-electron chi connectivity index (χ4n) is 5.09. The molecule has 5 N–H and O–H groups in total. The lowest BCUT2D eigenvalue weighted by molar-refractivity contribution is 0.0997. The predicted octanol–water partition coefficient (Wildman–Crippen LogP) is 6.43. The molecule has 0 atom stereocenters. The second-order valence-electron chi connectivity index (χ2n) is 9.79. The summed E-state index contributed by atoms with van der Waals surface area (Å²) < 4.78 is 13.3. The van der Waals surface area contributed by atoms with Gasteiger partial charge in [0.05, 0.1) is 11.1 Å². The molecule has 0 saturated carbocycles. The molecule has 8 nitrogen and oxygen atoms in total. The van der Waals surface area contributed by atoms with Gasteiger partial charge in [0.1, 0.15) is 5.82 Å². The van der Waals surface area contributed by atoms with E-state index < -0.39 is 11.7 Å². The highest BCUT2D eigenvalue weighted by atomic mass is 19.1. The van der Waals surface area contributed by atoms with Gasteiger partial charge in [-0.1, -0.05) is 24.3 Å². The van der Waals surface area contributed by atoms with Crippen LogP contribution in [0.5, 0.6) is 0 Å². The van der Waals surface area contributed by atoms with E-state index in [0.717, 1.165) is 27.5 Å². The van der Waals surface area contributed by atoms with E-state index in [1.165, 1.54) is 24.3 Å². The third-order valence-electron chi connectivity index (χ3n) is 7.20. The summed E-state index contributed by atoms with van der Waals surface area (Å²) in [5.41, 5.74) is 11.8. The van der Waals surface area contributed by atoms with Gasteiger partial charge in [-0.2, -0.15) is 0 Å². The molecule has 3 amide bonds. The lowest BCUT2D eigenvalue weighted by atomic mass is 9.93. The maximum atomic E-state index is 13.3. The summed E-state index contributed by atoms with van der Waals surface area (Å²) in [5.74, 6) is -1.64. The highest BCUT2D eigenvalue weighted by Crippen LogP contribution is 2.39. The maximum absolute atomic E-state index is 13.3. The Kier molecular flexibility index (Phi) is 6.68. The van der Waals surface area contributed by atoms with Crippen LogP contribution in [0, 0.1) is 12.7 Å². The lowest BCUT2D eigenvalue weighted by Gasteiger charge is -2.15. The zero-order valence-electron chi connectivity index (χ0n) is 22.4. The Hall–Kier alpha value is -5.83. The number of amides is 3. The molecule has 0 spiro atoms. The standard InChI is InChI=1S/C33H24FN5O3/c1-18-23(3-2-4-27(18)39-33(42)19-5-7-21(34)8-6-19)24-11-12-26(31(35)40)30-29(24)25-10-9-22(17-28(25)38-30)37-32(41)20-13-15-36-16-14-20/h2-17,38H,1H3,(H2,35,40)(H,37,41)(H,39,42). The average molecular weight is 558 g/mol. The lowest BCUT2D eigenvalue weighted by Crippen LogP contribution is -2.13. The number of nitrogens with two attached hydrogens (primary N) is 1. The molecular weight excluding hydrogens is 533 g/mol. The van der Waals surface area contributed by atoms with Crippen molar-refractivity contribution in [2.45, 2.75) is 6.92 Å². The number of benzene rings is 4. The number of fused-ring (bicyclic) bond motifs is 3. The minimum atomic E-state index is -0.582. The molecule has 0 radical (unpaired) electrons. The fourth-order valence-corrected chi connectivity index (χ4v) is 5.09. The Balaban J connectivity index is 1.43. The van der Waals surface area contributed by atoms with Gasteiger partial charge in [0.2, 0.25) is 0 Å². The molecule has 42 heavy (non-hydrogen) atoms. The number of rotatable bonds is 6. The first-order chi connectivity index (χ1) is 20.3. The van der Waals surface area contributed by atoms with Crippen molar-refractivity contribution in [2.75, 3.05) is 10.6 Å². The number of aromatic nitrogens is 2. The van der Waals surface area contributed by atoms with Gasteiger partial charge < -0.3 is 21.4 Å². The van der Waals surface area contributed by atoms with Crippen molar-refractivity contribution in [3.8, 4) is 11.1 Å². The van der Waals surface area contributed by atoms with E-state index in [-0.39, 0.29) is 11.8 Å². The molecule has 206 valence electrons. The third-order valence-corrected chi connectivity index (χ3v) is 7.20. The molecule has 0 aliphatic heterocycles. The highest BCUT2D eigenvalue weighted by molar-refractivity contribution is 6.20. The maximum Gasteiger partial charge on any atom is 0.255 e. The molecule has 6 aromatic rings. The summed E-state index contributed by atoms with van der Waals surface area (Å²) in [6.07, 6.45) is 3.10.